The van der Waals surface area contributed by atoms with Crippen molar-refractivity contribution in [2.24, 2.45) is 11.8 Å². The Bertz CT molecular complexity index is 334. The maximum Gasteiger partial charge on any atom is 0.317 e. The van der Waals surface area contributed by atoms with Gasteiger partial charge >= 0.3 is 12.0 Å². The molecule has 2 fully saturated rings. The second kappa shape index (κ2) is 6.26. The fraction of sp³-hybridized carbons (Fsp3) is 0.857. The van der Waals surface area contributed by atoms with Gasteiger partial charge in [0.15, 0.2) is 0 Å². The number of nitrogens with one attached hydrogen (secondary N) is 1. The molecule has 1 unspecified atom stereocenters. The van der Waals surface area contributed by atoms with Crippen LogP contribution in [0.5, 0.6) is 0 Å². The van der Waals surface area contributed by atoms with Crippen LogP contribution in [0.2, 0.25) is 0 Å². The van der Waals surface area contributed by atoms with Crippen LogP contribution in [0.1, 0.15) is 45.4 Å². The summed E-state index contributed by atoms with van der Waals surface area (Å²) in [5, 5.41) is 12.0. The summed E-state index contributed by atoms with van der Waals surface area (Å²) >= 11 is 0. The van der Waals surface area contributed by atoms with E-state index in [0.717, 1.165) is 18.8 Å². The lowest BCUT2D eigenvalue weighted by Gasteiger charge is -2.31. The molecule has 2 N–H and O–H groups in total. The van der Waals surface area contributed by atoms with E-state index in [1.54, 1.807) is 4.90 Å². The van der Waals surface area contributed by atoms with Crippen molar-refractivity contribution in [2.75, 3.05) is 13.1 Å². The van der Waals surface area contributed by atoms with E-state index in [1.165, 1.54) is 12.8 Å². The highest BCUT2D eigenvalue weighted by Crippen LogP contribution is 2.34. The zero-order valence-corrected chi connectivity index (χ0v) is 11.6. The number of carbonyl (C=O) groups is 2. The number of nitrogens with zero attached hydrogens (tertiary/aromatic N) is 1. The summed E-state index contributed by atoms with van der Waals surface area (Å²) in [6.45, 7) is 3.22. The molecule has 108 valence electrons. The number of amides is 2. The van der Waals surface area contributed by atoms with Crippen molar-refractivity contribution in [1.29, 1.82) is 0 Å². The van der Waals surface area contributed by atoms with Crippen LogP contribution in [0.25, 0.3) is 0 Å². The zero-order chi connectivity index (χ0) is 13.8. The molecule has 0 spiro atoms. The third-order valence-corrected chi connectivity index (χ3v) is 4.27. The van der Waals surface area contributed by atoms with E-state index in [9.17, 15) is 9.59 Å². The highest BCUT2D eigenvalue weighted by Gasteiger charge is 2.29. The second-order valence-electron chi connectivity index (χ2n) is 5.83. The number of urea groups is 1. The van der Waals surface area contributed by atoms with Crippen molar-refractivity contribution in [3.8, 4) is 0 Å². The van der Waals surface area contributed by atoms with Crippen LogP contribution in [0.4, 0.5) is 4.79 Å². The minimum absolute atomic E-state index is 0.0173. The Hall–Kier alpha value is -1.26. The molecule has 1 saturated carbocycles. The monoisotopic (exact) mass is 268 g/mol. The number of rotatable bonds is 5. The molecule has 0 radical (unpaired) electrons. The van der Waals surface area contributed by atoms with Gasteiger partial charge in [-0.1, -0.05) is 19.8 Å². The Morgan fingerprint density at radius 1 is 1.26 bits per heavy atom. The van der Waals surface area contributed by atoms with E-state index in [4.69, 9.17) is 5.11 Å². The number of carboxylic acid groups (broad SMARTS) is 1. The molecule has 1 aliphatic heterocycles. The number of piperidine rings is 1. The highest BCUT2D eigenvalue weighted by molar-refractivity contribution is 5.75. The van der Waals surface area contributed by atoms with Gasteiger partial charge in [-0.3, -0.25) is 4.79 Å². The molecule has 2 amide bonds. The van der Waals surface area contributed by atoms with Gasteiger partial charge in [0.05, 0.1) is 5.92 Å². The van der Waals surface area contributed by atoms with Crippen molar-refractivity contribution in [3.63, 3.8) is 0 Å². The highest BCUT2D eigenvalue weighted by atomic mass is 16.4. The molecule has 1 aliphatic carbocycles. The Morgan fingerprint density at radius 2 is 1.89 bits per heavy atom. The Kier molecular flexibility index (Phi) is 4.66. The molecule has 0 aromatic heterocycles. The minimum Gasteiger partial charge on any atom is -0.481 e. The maximum absolute atomic E-state index is 12.1. The lowest BCUT2D eigenvalue weighted by molar-refractivity contribution is -0.143. The van der Waals surface area contributed by atoms with E-state index in [2.05, 4.69) is 12.2 Å². The summed E-state index contributed by atoms with van der Waals surface area (Å²) in [6, 6.07) is 0.258. The Labute approximate surface area is 114 Å². The number of carboxylic acids is 1. The summed E-state index contributed by atoms with van der Waals surface area (Å²) in [5.41, 5.74) is 0. The quantitative estimate of drug-likeness (QED) is 0.802. The molecule has 1 heterocycles. The van der Waals surface area contributed by atoms with Gasteiger partial charge in [-0.25, -0.2) is 4.79 Å². The maximum atomic E-state index is 12.1. The van der Waals surface area contributed by atoms with Crippen molar-refractivity contribution in [1.82, 2.24) is 10.2 Å². The average Bonchev–Trinajstić information content (AvgIpc) is 3.22. The largest absolute Gasteiger partial charge is 0.481 e. The summed E-state index contributed by atoms with van der Waals surface area (Å²) in [7, 11) is 0. The van der Waals surface area contributed by atoms with Crippen LogP contribution in [0.15, 0.2) is 0 Å². The molecular formula is C14H24N2O3. The number of hydrogen-bond acceptors (Lipinski definition) is 2. The van der Waals surface area contributed by atoms with Gasteiger partial charge in [-0.05, 0) is 31.6 Å². The molecule has 5 nitrogen and oxygen atoms in total. The van der Waals surface area contributed by atoms with Crippen LogP contribution >= 0.6 is 0 Å². The van der Waals surface area contributed by atoms with Crippen LogP contribution in [-0.4, -0.2) is 41.1 Å². The summed E-state index contributed by atoms with van der Waals surface area (Å²) in [4.78, 5) is 24.7. The fourth-order valence-electron chi connectivity index (χ4n) is 2.68. The molecular weight excluding hydrogens is 244 g/mol. The molecule has 1 saturated heterocycles. The lowest BCUT2D eigenvalue weighted by atomic mass is 9.97. The topological polar surface area (TPSA) is 69.6 Å². The first-order valence-electron chi connectivity index (χ1n) is 7.38. The van der Waals surface area contributed by atoms with E-state index >= 15 is 0 Å². The number of likely N-dealkylation sites (tertiary alicyclic amines) is 1. The molecule has 0 bridgehead atoms. The van der Waals surface area contributed by atoms with Gasteiger partial charge in [0.2, 0.25) is 0 Å². The first-order valence-corrected chi connectivity index (χ1v) is 7.38. The van der Waals surface area contributed by atoms with Gasteiger partial charge < -0.3 is 15.3 Å². The van der Waals surface area contributed by atoms with E-state index in [1.807, 2.05) is 0 Å². The number of carbonyl (C=O) groups excluding carboxylic acids is 1. The second-order valence-corrected chi connectivity index (χ2v) is 5.83. The summed E-state index contributed by atoms with van der Waals surface area (Å²) < 4.78 is 0. The molecule has 2 rings (SSSR count). The van der Waals surface area contributed by atoms with Gasteiger partial charge in [-0.2, -0.15) is 0 Å². The van der Waals surface area contributed by atoms with Crippen molar-refractivity contribution >= 4 is 12.0 Å². The van der Waals surface area contributed by atoms with Gasteiger partial charge in [0.1, 0.15) is 0 Å². The summed E-state index contributed by atoms with van der Waals surface area (Å²) in [6.07, 6.45) is 5.80. The van der Waals surface area contributed by atoms with Gasteiger partial charge in [0.25, 0.3) is 0 Å². The first-order chi connectivity index (χ1) is 9.10. The Balaban J connectivity index is 1.75. The molecule has 19 heavy (non-hydrogen) atoms. The minimum atomic E-state index is -0.736. The SMILES string of the molecule is CCC(CC1CC1)NC(=O)N1CCC(C(=O)O)CC1. The van der Waals surface area contributed by atoms with Crippen LogP contribution in [0.3, 0.4) is 0 Å². The Morgan fingerprint density at radius 3 is 2.37 bits per heavy atom. The normalized spacial score (nSPS) is 22.1. The number of hydrogen-bond donors (Lipinski definition) is 2. The smallest absolute Gasteiger partial charge is 0.317 e. The summed E-state index contributed by atoms with van der Waals surface area (Å²) in [5.74, 6) is -0.208. The van der Waals surface area contributed by atoms with Crippen LogP contribution < -0.4 is 5.32 Å². The van der Waals surface area contributed by atoms with Crippen LogP contribution in [0, 0.1) is 11.8 Å². The van der Waals surface area contributed by atoms with E-state index in [-0.39, 0.29) is 18.0 Å². The van der Waals surface area contributed by atoms with E-state index < -0.39 is 5.97 Å². The number of aliphatic carboxylic acids is 1. The van der Waals surface area contributed by atoms with Crippen LogP contribution in [-0.2, 0) is 4.79 Å². The molecule has 0 aromatic rings. The van der Waals surface area contributed by atoms with Crippen molar-refractivity contribution in [3.05, 3.63) is 0 Å². The first kappa shape index (κ1) is 14.2. The molecule has 1 atom stereocenters. The lowest BCUT2D eigenvalue weighted by Crippen LogP contribution is -2.48. The van der Waals surface area contributed by atoms with E-state index in [0.29, 0.717) is 25.9 Å². The average molecular weight is 268 g/mol. The van der Waals surface area contributed by atoms with Crippen molar-refractivity contribution in [2.45, 2.75) is 51.5 Å². The van der Waals surface area contributed by atoms with Gasteiger partial charge in [-0.15, -0.1) is 0 Å². The zero-order valence-electron chi connectivity index (χ0n) is 11.6. The fourth-order valence-corrected chi connectivity index (χ4v) is 2.68. The third-order valence-electron chi connectivity index (χ3n) is 4.27. The predicted molar refractivity (Wildman–Crippen MR) is 71.9 cm³/mol. The van der Waals surface area contributed by atoms with Crippen molar-refractivity contribution < 1.29 is 14.7 Å². The molecule has 5 heteroatoms. The third kappa shape index (κ3) is 4.11. The van der Waals surface area contributed by atoms with Gasteiger partial charge in [0, 0.05) is 19.1 Å². The predicted octanol–water partition coefficient (Wildman–Crippen LogP) is 2.07. The molecule has 2 aliphatic rings. The standard InChI is InChI=1S/C14H24N2O3/c1-2-12(9-10-3-4-10)15-14(19)16-7-5-11(6-8-16)13(17)18/h10-12H,2-9H2,1H3,(H,15,19)(H,17,18). The molecule has 0 aromatic carbocycles.